The van der Waals surface area contributed by atoms with Crippen LogP contribution in [-0.2, 0) is 12.1 Å². The van der Waals surface area contributed by atoms with E-state index in [1.165, 1.54) is 0 Å². The number of rotatable bonds is 6. The first kappa shape index (κ1) is 20.7. The van der Waals surface area contributed by atoms with E-state index in [0.29, 0.717) is 12.1 Å². The molecule has 0 amide bonds. The van der Waals surface area contributed by atoms with Crippen LogP contribution in [-0.4, -0.2) is 24.2 Å². The van der Waals surface area contributed by atoms with Gasteiger partial charge in [0.1, 0.15) is 5.60 Å². The molecule has 2 aromatic carbocycles. The molecule has 2 rings (SSSR count). The van der Waals surface area contributed by atoms with E-state index in [9.17, 15) is 22.7 Å². The van der Waals surface area contributed by atoms with Crippen molar-refractivity contribution in [3.63, 3.8) is 0 Å². The number of hydrogen-bond donors (Lipinski definition) is 3. The lowest BCUT2D eigenvalue weighted by atomic mass is 9.96. The summed E-state index contributed by atoms with van der Waals surface area (Å²) >= 11 is 0. The molecule has 27 heavy (non-hydrogen) atoms. The minimum absolute atomic E-state index is 0.0469. The van der Waals surface area contributed by atoms with E-state index in [2.05, 4.69) is 15.6 Å². The van der Waals surface area contributed by atoms with E-state index in [1.807, 2.05) is 6.07 Å². The van der Waals surface area contributed by atoms with Gasteiger partial charge in [-0.1, -0.05) is 30.3 Å². The molecule has 0 radical (unpaired) electrons. The highest BCUT2D eigenvalue weighted by Crippen LogP contribution is 2.21. The maximum Gasteiger partial charge on any atom is 0.191 e. The first-order valence-corrected chi connectivity index (χ1v) is 8.38. The van der Waals surface area contributed by atoms with Gasteiger partial charge in [0, 0.05) is 12.6 Å². The average molecular weight is 383 g/mol. The normalized spacial score (nSPS) is 14.0. The Labute approximate surface area is 154 Å². The molecule has 0 spiro atoms. The second kappa shape index (κ2) is 8.85. The van der Waals surface area contributed by atoms with Crippen molar-refractivity contribution in [3.8, 4) is 0 Å². The molecule has 0 aliphatic rings. The van der Waals surface area contributed by atoms with Gasteiger partial charge in [-0.25, -0.2) is 22.6 Å². The highest BCUT2D eigenvalue weighted by Gasteiger charge is 2.23. The van der Waals surface area contributed by atoms with Crippen molar-refractivity contribution in [2.45, 2.75) is 26.0 Å². The lowest BCUT2D eigenvalue weighted by Crippen LogP contribution is -2.44. The smallest absolute Gasteiger partial charge is 0.191 e. The topological polar surface area (TPSA) is 56.7 Å². The summed E-state index contributed by atoms with van der Waals surface area (Å²) in [5.41, 5.74) is -1.38. The maximum absolute atomic E-state index is 13.7. The summed E-state index contributed by atoms with van der Waals surface area (Å²) in [4.78, 5) is 3.95. The molecule has 0 aliphatic carbocycles. The number of halogens is 4. The van der Waals surface area contributed by atoms with E-state index in [-0.39, 0.29) is 18.6 Å². The number of guanidine groups is 1. The highest BCUT2D eigenvalue weighted by atomic mass is 19.2. The summed E-state index contributed by atoms with van der Waals surface area (Å²) in [6.07, 6.45) is 0. The standard InChI is InChI=1S/C19H21F4N3O/c1-3-24-18(26-11-19(2,27)12-7-5-4-6-8-12)25-10-13-16(22)14(20)9-15(21)17(13)23/h4-9,27H,3,10-11H2,1-2H3,(H2,24,25,26). The van der Waals surface area contributed by atoms with Crippen LogP contribution in [0.1, 0.15) is 25.0 Å². The Hall–Kier alpha value is -2.61. The zero-order valence-electron chi connectivity index (χ0n) is 15.0. The maximum atomic E-state index is 13.7. The Morgan fingerprint density at radius 3 is 2.19 bits per heavy atom. The van der Waals surface area contributed by atoms with Gasteiger partial charge >= 0.3 is 0 Å². The third kappa shape index (κ3) is 5.19. The van der Waals surface area contributed by atoms with Gasteiger partial charge in [-0.3, -0.25) is 0 Å². The Bertz CT molecular complexity index is 784. The SMILES string of the molecule is CCNC(=NCc1c(F)c(F)cc(F)c1F)NCC(C)(O)c1ccccc1. The predicted molar refractivity (Wildman–Crippen MR) is 95.1 cm³/mol. The molecule has 146 valence electrons. The largest absolute Gasteiger partial charge is 0.384 e. The van der Waals surface area contributed by atoms with E-state index < -0.39 is 41.0 Å². The summed E-state index contributed by atoms with van der Waals surface area (Å²) in [6, 6.07) is 9.05. The van der Waals surface area contributed by atoms with Crippen LogP contribution in [0.3, 0.4) is 0 Å². The summed E-state index contributed by atoms with van der Waals surface area (Å²) in [5, 5.41) is 16.3. The average Bonchev–Trinajstić information content (AvgIpc) is 2.65. The Morgan fingerprint density at radius 1 is 1.04 bits per heavy atom. The molecular formula is C19H21F4N3O. The molecule has 0 saturated heterocycles. The van der Waals surface area contributed by atoms with Crippen LogP contribution in [0.15, 0.2) is 41.4 Å². The van der Waals surface area contributed by atoms with E-state index >= 15 is 0 Å². The first-order chi connectivity index (χ1) is 12.8. The Morgan fingerprint density at radius 2 is 1.63 bits per heavy atom. The van der Waals surface area contributed by atoms with Crippen molar-refractivity contribution < 1.29 is 22.7 Å². The molecular weight excluding hydrogens is 362 g/mol. The van der Waals surface area contributed by atoms with Gasteiger partial charge in [-0.15, -0.1) is 0 Å². The monoisotopic (exact) mass is 383 g/mol. The zero-order chi connectivity index (χ0) is 20.0. The van der Waals surface area contributed by atoms with Crippen molar-refractivity contribution in [1.29, 1.82) is 0 Å². The molecule has 1 unspecified atom stereocenters. The molecule has 0 fully saturated rings. The van der Waals surface area contributed by atoms with Crippen LogP contribution in [0.5, 0.6) is 0 Å². The quantitative estimate of drug-likeness (QED) is 0.311. The molecule has 0 heterocycles. The number of aliphatic hydroxyl groups is 1. The summed E-state index contributed by atoms with van der Waals surface area (Å²) in [7, 11) is 0. The number of nitrogens with one attached hydrogen (secondary N) is 2. The van der Waals surface area contributed by atoms with Crippen LogP contribution in [0.4, 0.5) is 17.6 Å². The molecule has 4 nitrogen and oxygen atoms in total. The second-order valence-electron chi connectivity index (χ2n) is 6.14. The molecule has 2 aromatic rings. The van der Waals surface area contributed by atoms with Crippen molar-refractivity contribution >= 4 is 5.96 Å². The predicted octanol–water partition coefficient (Wildman–Crippen LogP) is 3.21. The minimum Gasteiger partial charge on any atom is -0.384 e. The number of hydrogen-bond acceptors (Lipinski definition) is 2. The minimum atomic E-state index is -1.48. The molecule has 1 atom stereocenters. The summed E-state index contributed by atoms with van der Waals surface area (Å²) in [5.74, 6) is -5.79. The van der Waals surface area contributed by atoms with Gasteiger partial charge in [0.2, 0.25) is 0 Å². The van der Waals surface area contributed by atoms with Crippen molar-refractivity contribution in [1.82, 2.24) is 10.6 Å². The van der Waals surface area contributed by atoms with Gasteiger partial charge in [0.25, 0.3) is 0 Å². The number of benzene rings is 2. The van der Waals surface area contributed by atoms with Crippen LogP contribution < -0.4 is 10.6 Å². The Balaban J connectivity index is 2.16. The lowest BCUT2D eigenvalue weighted by Gasteiger charge is -2.25. The molecule has 0 aromatic heterocycles. The van der Waals surface area contributed by atoms with Crippen LogP contribution in [0.25, 0.3) is 0 Å². The fraction of sp³-hybridized carbons (Fsp3) is 0.316. The van der Waals surface area contributed by atoms with Crippen LogP contribution >= 0.6 is 0 Å². The number of nitrogens with zero attached hydrogens (tertiary/aromatic N) is 1. The third-order valence-corrected chi connectivity index (χ3v) is 3.94. The van der Waals surface area contributed by atoms with E-state index in [4.69, 9.17) is 0 Å². The fourth-order valence-electron chi connectivity index (χ4n) is 2.42. The molecule has 0 bridgehead atoms. The zero-order valence-corrected chi connectivity index (χ0v) is 15.0. The fourth-order valence-corrected chi connectivity index (χ4v) is 2.42. The van der Waals surface area contributed by atoms with Crippen molar-refractivity contribution in [3.05, 3.63) is 70.8 Å². The molecule has 3 N–H and O–H groups in total. The van der Waals surface area contributed by atoms with Gasteiger partial charge in [0.05, 0.1) is 18.7 Å². The van der Waals surface area contributed by atoms with Gasteiger partial charge in [-0.2, -0.15) is 0 Å². The van der Waals surface area contributed by atoms with Crippen molar-refractivity contribution in [2.75, 3.05) is 13.1 Å². The van der Waals surface area contributed by atoms with E-state index in [0.717, 1.165) is 0 Å². The molecule has 0 saturated carbocycles. The number of aliphatic imine (C=N–C) groups is 1. The van der Waals surface area contributed by atoms with Gasteiger partial charge in [-0.05, 0) is 19.4 Å². The van der Waals surface area contributed by atoms with Crippen molar-refractivity contribution in [2.24, 2.45) is 4.99 Å². The van der Waals surface area contributed by atoms with Gasteiger partial charge in [0.15, 0.2) is 29.2 Å². The Kier molecular flexibility index (Phi) is 6.79. The van der Waals surface area contributed by atoms with Crippen LogP contribution in [0, 0.1) is 23.3 Å². The third-order valence-electron chi connectivity index (χ3n) is 3.94. The highest BCUT2D eigenvalue weighted by molar-refractivity contribution is 5.79. The summed E-state index contributed by atoms with van der Waals surface area (Å²) < 4.78 is 54.1. The van der Waals surface area contributed by atoms with E-state index in [1.54, 1.807) is 38.1 Å². The molecule has 8 heteroatoms. The van der Waals surface area contributed by atoms with Gasteiger partial charge < -0.3 is 15.7 Å². The second-order valence-corrected chi connectivity index (χ2v) is 6.14. The first-order valence-electron chi connectivity index (χ1n) is 8.38. The summed E-state index contributed by atoms with van der Waals surface area (Å²) in [6.45, 7) is 3.23. The lowest BCUT2D eigenvalue weighted by molar-refractivity contribution is 0.0617. The van der Waals surface area contributed by atoms with Crippen LogP contribution in [0.2, 0.25) is 0 Å². The molecule has 0 aliphatic heterocycles.